The predicted molar refractivity (Wildman–Crippen MR) is 157 cm³/mol. The fraction of sp³-hybridized carbons (Fsp3) is 0.500. The molecular formula is C30H40F2N4O3S. The molecule has 3 rings (SSSR count). The Balaban J connectivity index is 1.58. The van der Waals surface area contributed by atoms with Crippen LogP contribution in [0.5, 0.6) is 5.75 Å². The van der Waals surface area contributed by atoms with E-state index < -0.39 is 17.6 Å². The van der Waals surface area contributed by atoms with Crippen LogP contribution in [0.2, 0.25) is 0 Å². The molecule has 40 heavy (non-hydrogen) atoms. The molecule has 10 heteroatoms. The van der Waals surface area contributed by atoms with Crippen molar-refractivity contribution in [2.45, 2.75) is 91.2 Å². The van der Waals surface area contributed by atoms with Gasteiger partial charge in [0.1, 0.15) is 11.4 Å². The Hall–Kier alpha value is -3.27. The lowest BCUT2D eigenvalue weighted by Crippen LogP contribution is -2.32. The van der Waals surface area contributed by atoms with Crippen LogP contribution in [0.15, 0.2) is 41.9 Å². The third-order valence-corrected chi connectivity index (χ3v) is 6.65. The zero-order chi connectivity index (χ0) is 29.2. The molecule has 0 saturated carbocycles. The van der Waals surface area contributed by atoms with Gasteiger partial charge < -0.3 is 20.1 Å². The minimum absolute atomic E-state index is 0.153. The SMILES string of the molecule is CCCCCCCCOc1ccc(Nc2nc(-c3ccc(CNC(=O)OC(C)(C)C)nc3)cs2)cc1C(C)(F)F. The largest absolute Gasteiger partial charge is 0.493 e. The highest BCUT2D eigenvalue weighted by Crippen LogP contribution is 2.37. The number of nitrogens with zero attached hydrogens (tertiary/aromatic N) is 2. The maximum atomic E-state index is 14.4. The number of aromatic nitrogens is 2. The van der Waals surface area contributed by atoms with E-state index in [4.69, 9.17) is 9.47 Å². The number of carbonyl (C=O) groups excluding carboxylic acids is 1. The van der Waals surface area contributed by atoms with Crippen LogP contribution in [0.25, 0.3) is 11.3 Å². The van der Waals surface area contributed by atoms with Crippen LogP contribution in [0, 0.1) is 0 Å². The number of alkyl halides is 2. The van der Waals surface area contributed by atoms with Crippen molar-refractivity contribution in [3.05, 3.63) is 53.2 Å². The maximum absolute atomic E-state index is 14.4. The van der Waals surface area contributed by atoms with Gasteiger partial charge in [0.2, 0.25) is 0 Å². The number of benzene rings is 1. The van der Waals surface area contributed by atoms with E-state index >= 15 is 0 Å². The summed E-state index contributed by atoms with van der Waals surface area (Å²) in [6.45, 7) is 9.12. The average molecular weight is 575 g/mol. The van der Waals surface area contributed by atoms with E-state index in [1.807, 2.05) is 11.4 Å². The van der Waals surface area contributed by atoms with Crippen LogP contribution in [0.4, 0.5) is 24.4 Å². The van der Waals surface area contributed by atoms with Crippen LogP contribution >= 0.6 is 11.3 Å². The van der Waals surface area contributed by atoms with E-state index in [-0.39, 0.29) is 17.9 Å². The van der Waals surface area contributed by atoms with Crippen LogP contribution in [0.3, 0.4) is 0 Å². The van der Waals surface area contributed by atoms with Crippen LogP contribution in [0.1, 0.15) is 84.4 Å². The summed E-state index contributed by atoms with van der Waals surface area (Å²) < 4.78 is 39.8. The van der Waals surface area contributed by atoms with Gasteiger partial charge in [-0.15, -0.1) is 11.3 Å². The quantitative estimate of drug-likeness (QED) is 0.187. The molecule has 0 fully saturated rings. The summed E-state index contributed by atoms with van der Waals surface area (Å²) in [4.78, 5) is 20.8. The number of anilines is 2. The summed E-state index contributed by atoms with van der Waals surface area (Å²) in [6.07, 6.45) is 7.80. The van der Waals surface area contributed by atoms with Gasteiger partial charge in [0.05, 0.1) is 30.1 Å². The Labute approximate surface area is 239 Å². The van der Waals surface area contributed by atoms with Gasteiger partial charge >= 0.3 is 6.09 Å². The molecule has 218 valence electrons. The molecule has 0 unspecified atom stereocenters. The maximum Gasteiger partial charge on any atom is 0.407 e. The minimum atomic E-state index is -3.05. The lowest BCUT2D eigenvalue weighted by molar-refractivity contribution is 0.0145. The van der Waals surface area contributed by atoms with Gasteiger partial charge in [0, 0.05) is 29.8 Å². The van der Waals surface area contributed by atoms with Crippen molar-refractivity contribution in [3.8, 4) is 17.0 Å². The highest BCUT2D eigenvalue weighted by Gasteiger charge is 2.29. The smallest absolute Gasteiger partial charge is 0.407 e. The molecule has 2 N–H and O–H groups in total. The summed E-state index contributed by atoms with van der Waals surface area (Å²) in [6, 6.07) is 8.41. The first-order valence-corrected chi connectivity index (χ1v) is 14.6. The molecule has 1 aromatic carbocycles. The van der Waals surface area contributed by atoms with Gasteiger partial charge in [-0.3, -0.25) is 4.98 Å². The zero-order valence-electron chi connectivity index (χ0n) is 24.0. The lowest BCUT2D eigenvalue weighted by atomic mass is 10.1. The van der Waals surface area contributed by atoms with Crippen molar-refractivity contribution in [2.75, 3.05) is 11.9 Å². The van der Waals surface area contributed by atoms with Crippen LogP contribution in [-0.4, -0.2) is 28.3 Å². The number of hydrogen-bond acceptors (Lipinski definition) is 7. The van der Waals surface area contributed by atoms with Crippen molar-refractivity contribution in [3.63, 3.8) is 0 Å². The Kier molecular flexibility index (Phi) is 11.2. The second-order valence-electron chi connectivity index (χ2n) is 10.8. The lowest BCUT2D eigenvalue weighted by Gasteiger charge is -2.19. The first kappa shape index (κ1) is 31.3. The number of unbranched alkanes of at least 4 members (excludes halogenated alkanes) is 5. The van der Waals surface area contributed by atoms with Crippen molar-refractivity contribution in [1.29, 1.82) is 0 Å². The number of thiazole rings is 1. The second kappa shape index (κ2) is 14.4. The highest BCUT2D eigenvalue weighted by atomic mass is 32.1. The number of alkyl carbamates (subject to hydrolysis) is 1. The molecule has 7 nitrogen and oxygen atoms in total. The fourth-order valence-corrected chi connectivity index (χ4v) is 4.63. The molecule has 3 aromatic rings. The van der Waals surface area contributed by atoms with E-state index in [0.717, 1.165) is 31.7 Å². The topological polar surface area (TPSA) is 85.4 Å². The number of nitrogens with one attached hydrogen (secondary N) is 2. The van der Waals surface area contributed by atoms with Gasteiger partial charge in [-0.2, -0.15) is 0 Å². The standard InChI is InChI=1S/C30H40F2N4O3S/c1-6-7-8-9-10-11-16-38-26-15-14-22(17-24(26)30(5,31)32)35-27-36-25(20-40-27)21-12-13-23(33-18-21)19-34-28(37)39-29(2,3)4/h12-15,17-18,20H,6-11,16,19H2,1-5H3,(H,34,37)(H,35,36). The molecule has 2 heterocycles. The average Bonchev–Trinajstić information content (AvgIpc) is 3.35. The fourth-order valence-electron chi connectivity index (χ4n) is 3.89. The number of rotatable bonds is 14. The first-order chi connectivity index (χ1) is 18.9. The number of carbonyl (C=O) groups is 1. The molecule has 0 aliphatic heterocycles. The van der Waals surface area contributed by atoms with E-state index in [1.165, 1.54) is 36.7 Å². The molecule has 1 amide bonds. The van der Waals surface area contributed by atoms with E-state index in [0.29, 0.717) is 28.8 Å². The Morgan fingerprint density at radius 3 is 2.45 bits per heavy atom. The second-order valence-corrected chi connectivity index (χ2v) is 11.6. The van der Waals surface area contributed by atoms with Gasteiger partial charge in [-0.25, -0.2) is 18.6 Å². The van der Waals surface area contributed by atoms with Crippen molar-refractivity contribution in [2.24, 2.45) is 0 Å². The number of hydrogen-bond donors (Lipinski definition) is 2. The third-order valence-electron chi connectivity index (χ3n) is 5.90. The minimum Gasteiger partial charge on any atom is -0.493 e. The van der Waals surface area contributed by atoms with E-state index in [9.17, 15) is 13.6 Å². The summed E-state index contributed by atoms with van der Waals surface area (Å²) in [5.41, 5.74) is 1.96. The molecule has 0 atom stereocenters. The van der Waals surface area contributed by atoms with Crippen molar-refractivity contribution < 1.29 is 23.0 Å². The molecular weight excluding hydrogens is 534 g/mol. The zero-order valence-corrected chi connectivity index (χ0v) is 24.8. The van der Waals surface area contributed by atoms with Crippen LogP contribution in [-0.2, 0) is 17.2 Å². The molecule has 0 radical (unpaired) electrons. The number of amides is 1. The summed E-state index contributed by atoms with van der Waals surface area (Å²) in [5, 5.41) is 8.24. The molecule has 0 saturated heterocycles. The summed E-state index contributed by atoms with van der Waals surface area (Å²) in [7, 11) is 0. The van der Waals surface area contributed by atoms with Gasteiger partial charge in [-0.1, -0.05) is 39.0 Å². The predicted octanol–water partition coefficient (Wildman–Crippen LogP) is 8.82. The molecule has 0 bridgehead atoms. The first-order valence-electron chi connectivity index (χ1n) is 13.7. The van der Waals surface area contributed by atoms with Gasteiger partial charge in [-0.05, 0) is 57.5 Å². The summed E-state index contributed by atoms with van der Waals surface area (Å²) >= 11 is 1.36. The molecule has 2 aromatic heterocycles. The van der Waals surface area contributed by atoms with E-state index in [2.05, 4.69) is 27.5 Å². The third kappa shape index (κ3) is 10.4. The number of halogens is 2. The molecule has 0 aliphatic carbocycles. The Bertz CT molecular complexity index is 1220. The van der Waals surface area contributed by atoms with Crippen molar-refractivity contribution >= 4 is 28.2 Å². The Morgan fingerprint density at radius 2 is 1.77 bits per heavy atom. The van der Waals surface area contributed by atoms with E-state index in [1.54, 1.807) is 45.2 Å². The highest BCUT2D eigenvalue weighted by molar-refractivity contribution is 7.14. The Morgan fingerprint density at radius 1 is 1.02 bits per heavy atom. The van der Waals surface area contributed by atoms with Crippen LogP contribution < -0.4 is 15.4 Å². The number of pyridine rings is 1. The van der Waals surface area contributed by atoms with Crippen molar-refractivity contribution in [1.82, 2.24) is 15.3 Å². The normalized spacial score (nSPS) is 11.8. The molecule has 0 spiro atoms. The van der Waals surface area contributed by atoms with Gasteiger partial charge in [0.25, 0.3) is 5.92 Å². The number of ether oxygens (including phenoxy) is 2. The molecule has 0 aliphatic rings. The monoisotopic (exact) mass is 574 g/mol. The van der Waals surface area contributed by atoms with Gasteiger partial charge in [0.15, 0.2) is 5.13 Å². The summed E-state index contributed by atoms with van der Waals surface area (Å²) in [5.74, 6) is -2.84.